The molecule has 1 aliphatic rings. The molecule has 1 aliphatic heterocycles. The van der Waals surface area contributed by atoms with Gasteiger partial charge in [0, 0.05) is 25.8 Å². The summed E-state index contributed by atoms with van der Waals surface area (Å²) in [6, 6.07) is 1.10. The number of pyridine rings is 1. The van der Waals surface area contributed by atoms with E-state index in [1.807, 2.05) is 0 Å². The smallest absolute Gasteiger partial charge is 0.253 e. The fourth-order valence-electron chi connectivity index (χ4n) is 2.47. The van der Waals surface area contributed by atoms with Crippen LogP contribution in [0.1, 0.15) is 28.4 Å². The van der Waals surface area contributed by atoms with Gasteiger partial charge in [-0.1, -0.05) is 0 Å². The highest BCUT2D eigenvalue weighted by Crippen LogP contribution is 2.14. The lowest BCUT2D eigenvalue weighted by atomic mass is 10.1. The van der Waals surface area contributed by atoms with Crippen molar-refractivity contribution in [3.8, 4) is 0 Å². The molecular formula is C14H16FN5O2. The van der Waals surface area contributed by atoms with Gasteiger partial charge in [-0.15, -0.1) is 0 Å². The Morgan fingerprint density at radius 1 is 1.55 bits per heavy atom. The number of rotatable bonds is 4. The van der Waals surface area contributed by atoms with Crippen LogP contribution < -0.4 is 5.32 Å². The summed E-state index contributed by atoms with van der Waals surface area (Å²) in [6.07, 6.45) is 3.90. The minimum atomic E-state index is -0.529. The van der Waals surface area contributed by atoms with Crippen LogP contribution in [0.15, 0.2) is 18.5 Å². The summed E-state index contributed by atoms with van der Waals surface area (Å²) < 4.78 is 19.9. The molecule has 3 rings (SSSR count). The molecule has 2 aromatic heterocycles. The minimum absolute atomic E-state index is 0.0691. The maximum Gasteiger partial charge on any atom is 0.253 e. The lowest BCUT2D eigenvalue weighted by molar-refractivity contribution is 0.0925. The maximum absolute atomic E-state index is 13.1. The Kier molecular flexibility index (Phi) is 4.10. The fourth-order valence-corrected chi connectivity index (χ4v) is 2.47. The zero-order valence-electron chi connectivity index (χ0n) is 12.1. The Morgan fingerprint density at radius 2 is 2.41 bits per heavy atom. The molecule has 116 valence electrons. The highest BCUT2D eigenvalue weighted by molar-refractivity contribution is 5.94. The van der Waals surface area contributed by atoms with Crippen molar-refractivity contribution >= 4 is 5.91 Å². The molecule has 0 aromatic carbocycles. The van der Waals surface area contributed by atoms with Gasteiger partial charge in [0.1, 0.15) is 18.2 Å². The van der Waals surface area contributed by atoms with Gasteiger partial charge in [0.05, 0.1) is 18.3 Å². The summed E-state index contributed by atoms with van der Waals surface area (Å²) >= 11 is 0. The monoisotopic (exact) mass is 305 g/mol. The summed E-state index contributed by atoms with van der Waals surface area (Å²) in [5.41, 5.74) is 0.212. The van der Waals surface area contributed by atoms with E-state index in [0.29, 0.717) is 19.0 Å². The van der Waals surface area contributed by atoms with E-state index in [1.165, 1.54) is 12.3 Å². The molecule has 0 aliphatic carbocycles. The molecule has 1 unspecified atom stereocenters. The van der Waals surface area contributed by atoms with Crippen LogP contribution in [0.25, 0.3) is 0 Å². The predicted octanol–water partition coefficient (Wildman–Crippen LogP) is 0.703. The van der Waals surface area contributed by atoms with Crippen LogP contribution in [-0.2, 0) is 24.3 Å². The van der Waals surface area contributed by atoms with Crippen molar-refractivity contribution in [1.29, 1.82) is 0 Å². The molecule has 0 radical (unpaired) electrons. The number of ether oxygens (including phenoxy) is 1. The fraction of sp³-hybridized carbons (Fsp3) is 0.429. The van der Waals surface area contributed by atoms with E-state index in [4.69, 9.17) is 4.74 Å². The topological polar surface area (TPSA) is 81.9 Å². The van der Waals surface area contributed by atoms with Crippen LogP contribution in [0.5, 0.6) is 0 Å². The average Bonchev–Trinajstić information content (AvgIpc) is 2.89. The standard InChI is InChI=1S/C14H16FN5O2/c1-22-8-12-18-13-3-2-11(7-20(13)19-12)17-14(21)9-4-10(15)6-16-5-9/h4-6,11H,2-3,7-8H2,1H3,(H,17,21). The number of hydrogen-bond donors (Lipinski definition) is 1. The molecule has 1 N–H and O–H groups in total. The largest absolute Gasteiger partial charge is 0.377 e. The van der Waals surface area contributed by atoms with E-state index < -0.39 is 5.82 Å². The number of carbonyl (C=O) groups excluding carboxylic acids is 1. The number of aryl methyl sites for hydroxylation is 1. The number of amides is 1. The van der Waals surface area contributed by atoms with E-state index >= 15 is 0 Å². The zero-order chi connectivity index (χ0) is 15.5. The third-order valence-electron chi connectivity index (χ3n) is 3.48. The normalized spacial score (nSPS) is 17.1. The molecule has 1 amide bonds. The van der Waals surface area contributed by atoms with Crippen molar-refractivity contribution < 1.29 is 13.9 Å². The predicted molar refractivity (Wildman–Crippen MR) is 74.5 cm³/mol. The third-order valence-corrected chi connectivity index (χ3v) is 3.48. The molecule has 1 atom stereocenters. The van der Waals surface area contributed by atoms with Gasteiger partial charge < -0.3 is 10.1 Å². The van der Waals surface area contributed by atoms with Gasteiger partial charge in [-0.3, -0.25) is 9.78 Å². The molecule has 0 saturated heterocycles. The van der Waals surface area contributed by atoms with Gasteiger partial charge in [-0.2, -0.15) is 5.10 Å². The van der Waals surface area contributed by atoms with E-state index in [-0.39, 0.29) is 17.5 Å². The second-order valence-corrected chi connectivity index (χ2v) is 5.16. The Labute approximate surface area is 126 Å². The molecule has 2 aromatic rings. The first-order valence-electron chi connectivity index (χ1n) is 6.98. The summed E-state index contributed by atoms with van der Waals surface area (Å²) in [5.74, 6) is 0.667. The number of nitrogens with zero attached hydrogens (tertiary/aromatic N) is 4. The van der Waals surface area contributed by atoms with Gasteiger partial charge in [0.25, 0.3) is 5.91 Å². The second-order valence-electron chi connectivity index (χ2n) is 5.16. The van der Waals surface area contributed by atoms with Crippen LogP contribution in [-0.4, -0.2) is 38.8 Å². The molecule has 7 nitrogen and oxygen atoms in total. The molecule has 0 fully saturated rings. The minimum Gasteiger partial charge on any atom is -0.377 e. The molecule has 22 heavy (non-hydrogen) atoms. The van der Waals surface area contributed by atoms with E-state index in [0.717, 1.165) is 24.9 Å². The first-order valence-corrected chi connectivity index (χ1v) is 6.98. The van der Waals surface area contributed by atoms with Gasteiger partial charge in [0.2, 0.25) is 0 Å². The third kappa shape index (κ3) is 3.11. The van der Waals surface area contributed by atoms with Crippen LogP contribution >= 0.6 is 0 Å². The number of nitrogens with one attached hydrogen (secondary N) is 1. The Morgan fingerprint density at radius 3 is 3.18 bits per heavy atom. The number of hydrogen-bond acceptors (Lipinski definition) is 5. The summed E-state index contributed by atoms with van der Waals surface area (Å²) in [6.45, 7) is 0.909. The van der Waals surface area contributed by atoms with Crippen molar-refractivity contribution in [3.05, 3.63) is 41.5 Å². The van der Waals surface area contributed by atoms with E-state index in [2.05, 4.69) is 20.4 Å². The molecular weight excluding hydrogens is 289 g/mol. The van der Waals surface area contributed by atoms with Crippen LogP contribution in [0.4, 0.5) is 4.39 Å². The highest BCUT2D eigenvalue weighted by Gasteiger charge is 2.23. The van der Waals surface area contributed by atoms with E-state index in [9.17, 15) is 9.18 Å². The van der Waals surface area contributed by atoms with Crippen LogP contribution in [0.2, 0.25) is 0 Å². The summed E-state index contributed by atoms with van der Waals surface area (Å²) in [5, 5.41) is 7.22. The number of carbonyl (C=O) groups is 1. The second kappa shape index (κ2) is 6.18. The number of fused-ring (bicyclic) bond motifs is 1. The first kappa shape index (κ1) is 14.6. The average molecular weight is 305 g/mol. The van der Waals surface area contributed by atoms with Crippen molar-refractivity contribution in [3.63, 3.8) is 0 Å². The Hall–Kier alpha value is -2.35. The first-order chi connectivity index (χ1) is 10.7. The molecule has 0 spiro atoms. The van der Waals surface area contributed by atoms with Crippen LogP contribution in [0.3, 0.4) is 0 Å². The van der Waals surface area contributed by atoms with Gasteiger partial charge >= 0.3 is 0 Å². The molecule has 0 bridgehead atoms. The SMILES string of the molecule is COCc1nc2n(n1)CC(NC(=O)c1cncc(F)c1)CC2. The molecule has 8 heteroatoms. The number of halogens is 1. The molecule has 3 heterocycles. The quantitative estimate of drug-likeness (QED) is 0.899. The summed E-state index contributed by atoms with van der Waals surface area (Å²) in [4.78, 5) is 20.2. The van der Waals surface area contributed by atoms with Crippen molar-refractivity contribution in [1.82, 2.24) is 25.1 Å². The van der Waals surface area contributed by atoms with Crippen LogP contribution in [0, 0.1) is 5.82 Å². The number of methoxy groups -OCH3 is 1. The molecule has 0 saturated carbocycles. The van der Waals surface area contributed by atoms with Gasteiger partial charge in [-0.05, 0) is 12.5 Å². The van der Waals surface area contributed by atoms with Crippen molar-refractivity contribution in [2.45, 2.75) is 32.0 Å². The lowest BCUT2D eigenvalue weighted by Crippen LogP contribution is -2.41. The maximum atomic E-state index is 13.1. The Bertz CT molecular complexity index is 688. The summed E-state index contributed by atoms with van der Waals surface area (Å²) in [7, 11) is 1.59. The highest BCUT2D eigenvalue weighted by atomic mass is 19.1. The van der Waals surface area contributed by atoms with Crippen molar-refractivity contribution in [2.24, 2.45) is 0 Å². The zero-order valence-corrected chi connectivity index (χ0v) is 12.1. The van der Waals surface area contributed by atoms with E-state index in [1.54, 1.807) is 11.8 Å². The van der Waals surface area contributed by atoms with Crippen molar-refractivity contribution in [2.75, 3.05) is 7.11 Å². The lowest BCUT2D eigenvalue weighted by Gasteiger charge is -2.23. The Balaban J connectivity index is 1.66. The van der Waals surface area contributed by atoms with Gasteiger partial charge in [0.15, 0.2) is 5.82 Å². The van der Waals surface area contributed by atoms with Gasteiger partial charge in [-0.25, -0.2) is 14.1 Å². The number of aromatic nitrogens is 4.